The van der Waals surface area contributed by atoms with E-state index < -0.39 is 38.8 Å². The van der Waals surface area contributed by atoms with Crippen molar-refractivity contribution in [1.29, 1.82) is 0 Å². The molecule has 0 aliphatic carbocycles. The van der Waals surface area contributed by atoms with Crippen molar-refractivity contribution in [2.24, 2.45) is 0 Å². The summed E-state index contributed by atoms with van der Waals surface area (Å²) in [7, 11) is -1.39. The fraction of sp³-hybridized carbons (Fsp3) is 1.00. The molecule has 0 spiro atoms. The molecule has 0 saturated carbocycles. The van der Waals surface area contributed by atoms with Crippen LogP contribution in [0.4, 0.5) is 30.7 Å². The van der Waals surface area contributed by atoms with Gasteiger partial charge in [0, 0.05) is 13.5 Å². The highest BCUT2D eigenvalue weighted by atomic mass is 28.4. The topological polar surface area (TPSA) is 9.23 Å². The maximum absolute atomic E-state index is 12.9. The van der Waals surface area contributed by atoms with Crippen molar-refractivity contribution in [1.82, 2.24) is 0 Å². The Hall–Kier alpha value is -0.313. The largest absolute Gasteiger partial charge is 0.459 e. The van der Waals surface area contributed by atoms with E-state index >= 15 is 0 Å². The predicted octanol–water partition coefficient (Wildman–Crippen LogP) is 4.06. The van der Waals surface area contributed by atoms with Crippen molar-refractivity contribution in [2.75, 3.05) is 7.11 Å². The lowest BCUT2D eigenvalue weighted by molar-refractivity contribution is -0.354. The molecule has 0 aromatic heterocycles. The van der Waals surface area contributed by atoms with E-state index in [1.54, 1.807) is 0 Å². The maximum Gasteiger partial charge on any atom is 0.459 e. The number of hydrogen-bond donors (Lipinski definition) is 0. The van der Waals surface area contributed by atoms with Gasteiger partial charge in [-0.2, -0.15) is 30.7 Å². The molecule has 0 radical (unpaired) electrons. The summed E-state index contributed by atoms with van der Waals surface area (Å²) in [5, 5.41) is 0. The summed E-state index contributed by atoms with van der Waals surface area (Å²) in [5.74, 6) is -11.1. The van der Waals surface area contributed by atoms with Crippen LogP contribution in [0.25, 0.3) is 0 Å². The van der Waals surface area contributed by atoms with E-state index in [4.69, 9.17) is 4.43 Å². The van der Waals surface area contributed by atoms with E-state index in [0.717, 1.165) is 0 Å². The van der Waals surface area contributed by atoms with Gasteiger partial charge in [0.25, 0.3) is 0 Å². The minimum absolute atomic E-state index is 0.484. The molecule has 1 nitrogen and oxygen atoms in total. The summed E-state index contributed by atoms with van der Waals surface area (Å²) in [6.45, 7) is 2.91. The second kappa shape index (κ2) is 4.75. The normalized spacial score (nSPS) is 15.2. The van der Waals surface area contributed by atoms with Crippen molar-refractivity contribution < 1.29 is 35.2 Å². The molecule has 0 unspecified atom stereocenters. The highest BCUT2D eigenvalue weighted by Gasteiger charge is 2.72. The molecule has 104 valence electrons. The Morgan fingerprint density at radius 2 is 1.35 bits per heavy atom. The summed E-state index contributed by atoms with van der Waals surface area (Å²) < 4.78 is 90.8. The van der Waals surface area contributed by atoms with Crippen LogP contribution in [0.15, 0.2) is 0 Å². The molecule has 0 aliphatic rings. The first-order valence-corrected chi connectivity index (χ1v) is 7.76. The lowest BCUT2D eigenvalue weighted by atomic mass is 10.1. The van der Waals surface area contributed by atoms with E-state index in [9.17, 15) is 30.7 Å². The van der Waals surface area contributed by atoms with Gasteiger partial charge in [-0.25, -0.2) is 0 Å². The Kier molecular flexibility index (Phi) is 4.66. The van der Waals surface area contributed by atoms with Crippen molar-refractivity contribution >= 4 is 8.32 Å². The third kappa shape index (κ3) is 3.83. The molecule has 0 atom stereocenters. The molecular formula is C8H13F7OSi. The fourth-order valence-electron chi connectivity index (χ4n) is 0.924. The lowest BCUT2D eigenvalue weighted by Crippen LogP contribution is -2.52. The summed E-state index contributed by atoms with van der Waals surface area (Å²) in [5.41, 5.74) is 0. The van der Waals surface area contributed by atoms with Gasteiger partial charge in [-0.15, -0.1) is 0 Å². The molecule has 0 bridgehead atoms. The van der Waals surface area contributed by atoms with Crippen LogP contribution in [0.1, 0.15) is 6.42 Å². The van der Waals surface area contributed by atoms with E-state index in [2.05, 4.69) is 0 Å². The van der Waals surface area contributed by atoms with Gasteiger partial charge >= 0.3 is 18.0 Å². The van der Waals surface area contributed by atoms with Gasteiger partial charge in [0.05, 0.1) is 0 Å². The van der Waals surface area contributed by atoms with Gasteiger partial charge in [-0.3, -0.25) is 0 Å². The molecule has 0 amide bonds. The van der Waals surface area contributed by atoms with Crippen molar-refractivity contribution in [2.45, 2.75) is 43.6 Å². The average Bonchev–Trinajstić information content (AvgIpc) is 2.13. The van der Waals surface area contributed by atoms with Gasteiger partial charge in [-0.1, -0.05) is 0 Å². The number of rotatable bonds is 5. The van der Waals surface area contributed by atoms with Gasteiger partial charge < -0.3 is 4.43 Å². The maximum atomic E-state index is 12.9. The van der Waals surface area contributed by atoms with E-state index in [1.807, 2.05) is 0 Å². The second-order valence-corrected chi connectivity index (χ2v) is 8.67. The van der Waals surface area contributed by atoms with Crippen molar-refractivity contribution in [3.8, 4) is 0 Å². The highest BCUT2D eigenvalue weighted by Crippen LogP contribution is 2.48. The molecule has 0 fully saturated rings. The predicted molar refractivity (Wildman–Crippen MR) is 49.9 cm³/mol. The summed E-state index contributed by atoms with van der Waals surface area (Å²) >= 11 is 0. The van der Waals surface area contributed by atoms with Crippen LogP contribution in [0, 0.1) is 0 Å². The first-order chi connectivity index (χ1) is 7.27. The Labute approximate surface area is 95.1 Å². The number of alkyl halides is 7. The molecule has 0 aromatic rings. The molecule has 0 rings (SSSR count). The first-order valence-electron chi connectivity index (χ1n) is 4.64. The SMILES string of the molecule is CO[Si](C)(C)CCC(F)(F)C(F)(F)C(F)(F)F. The van der Waals surface area contributed by atoms with Crippen LogP contribution < -0.4 is 0 Å². The molecule has 17 heavy (non-hydrogen) atoms. The quantitative estimate of drug-likeness (QED) is 0.547. The van der Waals surface area contributed by atoms with Crippen LogP contribution in [-0.2, 0) is 4.43 Å². The van der Waals surface area contributed by atoms with Crippen molar-refractivity contribution in [3.05, 3.63) is 0 Å². The minimum Gasteiger partial charge on any atom is -0.420 e. The third-order valence-corrected chi connectivity index (χ3v) is 4.97. The zero-order valence-electron chi connectivity index (χ0n) is 9.47. The standard InChI is InChI=1S/C8H13F7OSi/c1-16-17(2,3)5-4-6(9,10)7(11,12)8(13,14)15/h4-5H2,1-3H3. The molecule has 0 heterocycles. The van der Waals surface area contributed by atoms with Gasteiger partial charge in [0.1, 0.15) is 0 Å². The zero-order chi connectivity index (χ0) is 14.1. The number of halogens is 7. The zero-order valence-corrected chi connectivity index (χ0v) is 10.5. The fourth-order valence-corrected chi connectivity index (χ4v) is 2.04. The summed E-state index contributed by atoms with van der Waals surface area (Å²) in [6, 6.07) is -0.484. The monoisotopic (exact) mass is 286 g/mol. The van der Waals surface area contributed by atoms with Gasteiger partial charge in [-0.05, 0) is 19.1 Å². The Morgan fingerprint density at radius 3 is 1.65 bits per heavy atom. The Morgan fingerprint density at radius 1 is 0.941 bits per heavy atom. The van der Waals surface area contributed by atoms with Crippen LogP contribution in [0.3, 0.4) is 0 Å². The van der Waals surface area contributed by atoms with E-state index in [-0.39, 0.29) is 0 Å². The lowest BCUT2D eigenvalue weighted by Gasteiger charge is -2.30. The highest BCUT2D eigenvalue weighted by molar-refractivity contribution is 6.71. The number of hydrogen-bond acceptors (Lipinski definition) is 1. The van der Waals surface area contributed by atoms with Crippen LogP contribution in [0.5, 0.6) is 0 Å². The van der Waals surface area contributed by atoms with Crippen molar-refractivity contribution in [3.63, 3.8) is 0 Å². The average molecular weight is 286 g/mol. The Balaban J connectivity index is 4.81. The summed E-state index contributed by atoms with van der Waals surface area (Å²) in [6.07, 6.45) is -7.80. The molecule has 0 N–H and O–H groups in total. The second-order valence-electron chi connectivity index (χ2n) is 4.24. The van der Waals surface area contributed by atoms with Crippen LogP contribution in [0.2, 0.25) is 19.1 Å². The van der Waals surface area contributed by atoms with Gasteiger partial charge in [0.15, 0.2) is 8.32 Å². The smallest absolute Gasteiger partial charge is 0.420 e. The van der Waals surface area contributed by atoms with E-state index in [0.29, 0.717) is 0 Å². The minimum atomic E-state index is -6.25. The van der Waals surface area contributed by atoms with Gasteiger partial charge in [0.2, 0.25) is 0 Å². The first kappa shape index (κ1) is 16.7. The molecule has 9 heteroatoms. The molecule has 0 saturated heterocycles. The molecule has 0 aliphatic heterocycles. The summed E-state index contributed by atoms with van der Waals surface area (Å²) in [4.78, 5) is 0. The van der Waals surface area contributed by atoms with Crippen LogP contribution >= 0.6 is 0 Å². The van der Waals surface area contributed by atoms with E-state index in [1.165, 1.54) is 20.2 Å². The van der Waals surface area contributed by atoms with Crippen LogP contribution in [-0.4, -0.2) is 33.4 Å². The molecular weight excluding hydrogens is 273 g/mol. The third-order valence-electron chi connectivity index (χ3n) is 2.41. The Bertz CT molecular complexity index is 261. The molecule has 0 aromatic carbocycles.